The predicted octanol–water partition coefficient (Wildman–Crippen LogP) is 4.08. The molecule has 0 bridgehead atoms. The van der Waals surface area contributed by atoms with Crippen LogP contribution in [-0.2, 0) is 9.59 Å². The summed E-state index contributed by atoms with van der Waals surface area (Å²) >= 11 is 11.9. The molecule has 6 heteroatoms. The van der Waals surface area contributed by atoms with Crippen LogP contribution in [0.2, 0.25) is 10.0 Å². The van der Waals surface area contributed by atoms with Crippen molar-refractivity contribution in [1.29, 1.82) is 0 Å². The maximum absolute atomic E-state index is 12.6. The normalized spacial score (nSPS) is 16.9. The van der Waals surface area contributed by atoms with Gasteiger partial charge in [-0.15, -0.1) is 0 Å². The summed E-state index contributed by atoms with van der Waals surface area (Å²) in [6.07, 6.45) is 0.130. The van der Waals surface area contributed by atoms with Crippen LogP contribution in [0.5, 0.6) is 0 Å². The van der Waals surface area contributed by atoms with Crippen molar-refractivity contribution in [3.05, 3.63) is 58.1 Å². The number of rotatable bonds is 2. The van der Waals surface area contributed by atoms with Crippen molar-refractivity contribution in [1.82, 2.24) is 0 Å². The van der Waals surface area contributed by atoms with E-state index in [0.29, 0.717) is 15.7 Å². The van der Waals surface area contributed by atoms with E-state index in [1.54, 1.807) is 30.1 Å². The smallest absolute Gasteiger partial charge is 0.232 e. The number of hydrogen-bond acceptors (Lipinski definition) is 2. The van der Waals surface area contributed by atoms with Crippen LogP contribution < -0.4 is 10.2 Å². The van der Waals surface area contributed by atoms with E-state index in [9.17, 15) is 9.59 Å². The summed E-state index contributed by atoms with van der Waals surface area (Å²) in [6.45, 7) is 0. The molecule has 23 heavy (non-hydrogen) atoms. The summed E-state index contributed by atoms with van der Waals surface area (Å²) in [5, 5.41) is 3.64. The highest BCUT2D eigenvalue weighted by Gasteiger charge is 2.33. The van der Waals surface area contributed by atoms with Crippen molar-refractivity contribution < 1.29 is 9.59 Å². The number of fused-ring (bicyclic) bond motifs is 1. The molecule has 0 radical (unpaired) electrons. The Morgan fingerprint density at radius 2 is 1.96 bits per heavy atom. The zero-order chi connectivity index (χ0) is 16.6. The van der Waals surface area contributed by atoms with E-state index in [1.165, 1.54) is 0 Å². The molecule has 0 aliphatic carbocycles. The number of hydrogen-bond donors (Lipinski definition) is 1. The molecule has 1 N–H and O–H groups in total. The molecule has 2 amide bonds. The van der Waals surface area contributed by atoms with Crippen LogP contribution >= 0.6 is 23.2 Å². The second-order valence-electron chi connectivity index (χ2n) is 5.38. The van der Waals surface area contributed by atoms with Gasteiger partial charge in [-0.3, -0.25) is 9.59 Å². The molecule has 118 valence electrons. The third-order valence-electron chi connectivity index (χ3n) is 3.93. The van der Waals surface area contributed by atoms with E-state index < -0.39 is 5.92 Å². The summed E-state index contributed by atoms with van der Waals surface area (Å²) in [5.41, 5.74) is 2.06. The quantitative estimate of drug-likeness (QED) is 0.888. The van der Waals surface area contributed by atoms with Crippen LogP contribution in [0.1, 0.15) is 17.9 Å². The standard InChI is InChI=1S/C17H14Cl2N2O2/c1-21-15-5-3-2-4-11(15)12(9-16(21)22)17(23)20-14-7-6-10(18)8-13(14)19/h2-8,12H,9H2,1H3,(H,20,23). The largest absolute Gasteiger partial charge is 0.324 e. The Hall–Kier alpha value is -2.04. The molecule has 0 aromatic heterocycles. The first-order valence-corrected chi connectivity index (χ1v) is 7.84. The van der Waals surface area contributed by atoms with E-state index in [-0.39, 0.29) is 18.2 Å². The van der Waals surface area contributed by atoms with Gasteiger partial charge >= 0.3 is 0 Å². The Morgan fingerprint density at radius 3 is 2.70 bits per heavy atom. The summed E-state index contributed by atoms with van der Waals surface area (Å²) < 4.78 is 0. The Labute approximate surface area is 144 Å². The number of nitrogens with one attached hydrogen (secondary N) is 1. The monoisotopic (exact) mass is 348 g/mol. The van der Waals surface area contributed by atoms with Gasteiger partial charge in [-0.1, -0.05) is 41.4 Å². The van der Waals surface area contributed by atoms with Gasteiger partial charge in [0.25, 0.3) is 0 Å². The van der Waals surface area contributed by atoms with Gasteiger partial charge in [-0.2, -0.15) is 0 Å². The van der Waals surface area contributed by atoms with E-state index in [1.807, 2.05) is 24.3 Å². The fraction of sp³-hybridized carbons (Fsp3) is 0.176. The van der Waals surface area contributed by atoms with Gasteiger partial charge in [-0.25, -0.2) is 0 Å². The molecule has 1 aliphatic rings. The number of nitrogens with zero attached hydrogens (tertiary/aromatic N) is 1. The zero-order valence-corrected chi connectivity index (χ0v) is 13.9. The predicted molar refractivity (Wildman–Crippen MR) is 92.3 cm³/mol. The first-order valence-electron chi connectivity index (χ1n) is 7.09. The molecule has 3 rings (SSSR count). The highest BCUT2D eigenvalue weighted by atomic mass is 35.5. The average Bonchev–Trinajstić information content (AvgIpc) is 2.53. The fourth-order valence-electron chi connectivity index (χ4n) is 2.69. The Kier molecular flexibility index (Phi) is 4.28. The first kappa shape index (κ1) is 15.8. The number of anilines is 2. The molecular formula is C17H14Cl2N2O2. The van der Waals surface area contributed by atoms with Crippen LogP contribution in [-0.4, -0.2) is 18.9 Å². The second-order valence-corrected chi connectivity index (χ2v) is 6.23. The second kappa shape index (κ2) is 6.22. The fourth-order valence-corrected chi connectivity index (χ4v) is 3.14. The minimum Gasteiger partial charge on any atom is -0.324 e. The van der Waals surface area contributed by atoms with Gasteiger partial charge in [0.15, 0.2) is 0 Å². The Bertz CT molecular complexity index is 792. The lowest BCUT2D eigenvalue weighted by molar-refractivity contribution is -0.124. The lowest BCUT2D eigenvalue weighted by atomic mass is 9.89. The first-order chi connectivity index (χ1) is 11.0. The molecule has 2 aromatic rings. The number of para-hydroxylation sites is 1. The minimum absolute atomic E-state index is 0.0916. The molecule has 1 aliphatic heterocycles. The van der Waals surface area contributed by atoms with Crippen molar-refractivity contribution in [3.8, 4) is 0 Å². The minimum atomic E-state index is -0.540. The molecular weight excluding hydrogens is 335 g/mol. The summed E-state index contributed by atoms with van der Waals surface area (Å²) in [7, 11) is 1.71. The molecule has 1 atom stereocenters. The molecule has 0 saturated carbocycles. The summed E-state index contributed by atoms with van der Waals surface area (Å²) in [4.78, 5) is 26.4. The Morgan fingerprint density at radius 1 is 1.22 bits per heavy atom. The Balaban J connectivity index is 1.90. The highest BCUT2D eigenvalue weighted by Crippen LogP contribution is 2.36. The van der Waals surface area contributed by atoms with Crippen LogP contribution in [0, 0.1) is 0 Å². The summed E-state index contributed by atoms with van der Waals surface area (Å²) in [6, 6.07) is 12.3. The molecule has 4 nitrogen and oxygen atoms in total. The van der Waals surface area contributed by atoms with Crippen molar-refractivity contribution in [2.45, 2.75) is 12.3 Å². The number of carbonyl (C=O) groups excluding carboxylic acids is 2. The SMILES string of the molecule is CN1C(=O)CC(C(=O)Nc2ccc(Cl)cc2Cl)c2ccccc21. The maximum Gasteiger partial charge on any atom is 0.232 e. The van der Waals surface area contributed by atoms with Gasteiger partial charge in [0.05, 0.1) is 16.6 Å². The maximum atomic E-state index is 12.6. The van der Waals surface area contributed by atoms with E-state index in [2.05, 4.69) is 5.32 Å². The van der Waals surface area contributed by atoms with E-state index in [0.717, 1.165) is 11.3 Å². The van der Waals surface area contributed by atoms with Crippen molar-refractivity contribution >= 4 is 46.4 Å². The van der Waals surface area contributed by atoms with Crippen molar-refractivity contribution in [2.75, 3.05) is 17.3 Å². The van der Waals surface area contributed by atoms with Gasteiger partial charge in [-0.05, 0) is 29.8 Å². The topological polar surface area (TPSA) is 49.4 Å². The zero-order valence-electron chi connectivity index (χ0n) is 12.3. The molecule has 1 unspecified atom stereocenters. The molecule has 2 aromatic carbocycles. The number of amides is 2. The van der Waals surface area contributed by atoms with Crippen LogP contribution in [0.3, 0.4) is 0 Å². The highest BCUT2D eigenvalue weighted by molar-refractivity contribution is 6.36. The molecule has 0 spiro atoms. The number of halogens is 2. The average molecular weight is 349 g/mol. The van der Waals surface area contributed by atoms with Crippen molar-refractivity contribution in [2.24, 2.45) is 0 Å². The lowest BCUT2D eigenvalue weighted by Crippen LogP contribution is -2.37. The van der Waals surface area contributed by atoms with Crippen LogP contribution in [0.15, 0.2) is 42.5 Å². The van der Waals surface area contributed by atoms with Crippen LogP contribution in [0.25, 0.3) is 0 Å². The van der Waals surface area contributed by atoms with Crippen LogP contribution in [0.4, 0.5) is 11.4 Å². The number of carbonyl (C=O) groups is 2. The van der Waals surface area contributed by atoms with E-state index in [4.69, 9.17) is 23.2 Å². The lowest BCUT2D eigenvalue weighted by Gasteiger charge is -2.30. The molecule has 1 heterocycles. The molecule has 0 fully saturated rings. The van der Waals surface area contributed by atoms with Gasteiger partial charge < -0.3 is 10.2 Å². The van der Waals surface area contributed by atoms with Crippen molar-refractivity contribution in [3.63, 3.8) is 0 Å². The van der Waals surface area contributed by atoms with Gasteiger partial charge in [0.2, 0.25) is 11.8 Å². The third-order valence-corrected chi connectivity index (χ3v) is 4.48. The van der Waals surface area contributed by atoms with E-state index >= 15 is 0 Å². The van der Waals surface area contributed by atoms with Gasteiger partial charge in [0, 0.05) is 24.2 Å². The number of benzene rings is 2. The van der Waals surface area contributed by atoms with Gasteiger partial charge in [0.1, 0.15) is 0 Å². The molecule has 0 saturated heterocycles. The third kappa shape index (κ3) is 3.05. The summed E-state index contributed by atoms with van der Waals surface area (Å²) in [5.74, 6) is -0.893.